The zero-order chi connectivity index (χ0) is 26.3. The molecule has 0 unspecified atom stereocenters. The highest BCUT2D eigenvalue weighted by Crippen LogP contribution is 2.47. The maximum Gasteiger partial charge on any atom is 0.423 e. The molecule has 2 N–H and O–H groups in total. The Bertz CT molecular complexity index is 1580. The number of anilines is 1. The van der Waals surface area contributed by atoms with Crippen LogP contribution in [-0.2, 0) is 31.5 Å². The first-order valence-corrected chi connectivity index (χ1v) is 15.2. The van der Waals surface area contributed by atoms with E-state index in [1.165, 1.54) is 16.3 Å². The Balaban J connectivity index is 1.71. The molecule has 4 rings (SSSR count). The Kier molecular flexibility index (Phi) is 7.52. The molecule has 0 aliphatic carbocycles. The Morgan fingerprint density at radius 3 is 2.69 bits per heavy atom. The highest BCUT2D eigenvalue weighted by molar-refractivity contribution is 9.10. The summed E-state index contributed by atoms with van der Waals surface area (Å²) in [5, 5.41) is 0.571. The van der Waals surface area contributed by atoms with Crippen LogP contribution in [0.25, 0.3) is 17.4 Å². The molecule has 2 aromatic heterocycles. The topological polar surface area (TPSA) is 151 Å². The molecule has 0 radical (unpaired) electrons. The van der Waals surface area contributed by atoms with Gasteiger partial charge in [0.15, 0.2) is 6.54 Å². The van der Waals surface area contributed by atoms with Crippen LogP contribution in [-0.4, -0.2) is 45.3 Å². The summed E-state index contributed by atoms with van der Waals surface area (Å²) in [6, 6.07) is 5.66. The van der Waals surface area contributed by atoms with Crippen LogP contribution in [0.15, 0.2) is 47.5 Å². The van der Waals surface area contributed by atoms with Gasteiger partial charge in [-0.2, -0.15) is 12.8 Å². The molecule has 1 aromatic carbocycles. The van der Waals surface area contributed by atoms with E-state index < -0.39 is 37.8 Å². The molecule has 0 bridgehead atoms. The van der Waals surface area contributed by atoms with E-state index in [0.29, 0.717) is 5.03 Å². The lowest BCUT2D eigenvalue weighted by Crippen LogP contribution is -2.37. The number of benzene rings is 1. The minimum Gasteiger partial charge on any atom is -0.394 e. The SMILES string of the molecule is CC(=O)NS(=O)(=O)CCN1C(=Cc2oc3cc(F)oc3[n+]2CCCS(=O)(=O)O)Sc2ccc(Br)cc21. The van der Waals surface area contributed by atoms with Crippen molar-refractivity contribution in [2.45, 2.75) is 24.8 Å². The summed E-state index contributed by atoms with van der Waals surface area (Å²) in [6.45, 7) is 1.13. The standard InChI is InChI=1S/C20H19BrFN3O8S3/c1-12(26)23-35(27,28)8-6-24-14-9-13(21)3-4-16(14)34-19(24)11-18-25(5-2-7-36(29,30)31)20-15(32-18)10-17(22)33-20/h3-4,9-11H,2,5-8H2,1H3,(H-,23,26,29,30,31)/p+1. The van der Waals surface area contributed by atoms with Crippen LogP contribution in [0, 0.1) is 6.01 Å². The molecule has 194 valence electrons. The smallest absolute Gasteiger partial charge is 0.394 e. The normalized spacial score (nSPS) is 15.1. The first-order chi connectivity index (χ1) is 16.8. The quantitative estimate of drug-likeness (QED) is 0.268. The second-order valence-electron chi connectivity index (χ2n) is 7.78. The molecular weight excluding hydrogens is 605 g/mol. The summed E-state index contributed by atoms with van der Waals surface area (Å²) < 4.78 is 84.5. The lowest BCUT2D eigenvalue weighted by molar-refractivity contribution is -0.684. The zero-order valence-electron chi connectivity index (χ0n) is 18.6. The molecule has 0 atom stereocenters. The predicted octanol–water partition coefficient (Wildman–Crippen LogP) is 2.87. The number of hydrogen-bond acceptors (Lipinski definition) is 9. The number of fused-ring (bicyclic) bond motifs is 2. The number of aryl methyl sites for hydroxylation is 1. The van der Waals surface area contributed by atoms with E-state index in [2.05, 4.69) is 15.9 Å². The molecule has 0 fully saturated rings. The van der Waals surface area contributed by atoms with Gasteiger partial charge in [0.1, 0.15) is 0 Å². The van der Waals surface area contributed by atoms with E-state index in [9.17, 15) is 26.0 Å². The minimum atomic E-state index is -4.21. The summed E-state index contributed by atoms with van der Waals surface area (Å²) in [6.07, 6.45) is 1.60. The van der Waals surface area contributed by atoms with Crippen LogP contribution in [0.5, 0.6) is 0 Å². The van der Waals surface area contributed by atoms with Gasteiger partial charge in [0.05, 0.1) is 34.4 Å². The number of oxazole rings is 1. The maximum absolute atomic E-state index is 13.7. The molecule has 0 spiro atoms. The minimum absolute atomic E-state index is 0.000883. The van der Waals surface area contributed by atoms with Gasteiger partial charge < -0.3 is 13.7 Å². The molecule has 1 aliphatic rings. The molecule has 0 saturated carbocycles. The maximum atomic E-state index is 13.7. The van der Waals surface area contributed by atoms with Crippen molar-refractivity contribution in [2.75, 3.05) is 23.0 Å². The van der Waals surface area contributed by atoms with Crippen molar-refractivity contribution < 1.29 is 44.0 Å². The summed E-state index contributed by atoms with van der Waals surface area (Å²) in [7, 11) is -8.09. The zero-order valence-corrected chi connectivity index (χ0v) is 22.6. The van der Waals surface area contributed by atoms with Crippen LogP contribution in [0.1, 0.15) is 19.2 Å². The van der Waals surface area contributed by atoms with Crippen LogP contribution >= 0.6 is 27.7 Å². The third-order valence-electron chi connectivity index (χ3n) is 4.98. The summed E-state index contributed by atoms with van der Waals surface area (Å²) >= 11 is 4.75. The van der Waals surface area contributed by atoms with Crippen molar-refractivity contribution >= 4 is 76.8 Å². The van der Waals surface area contributed by atoms with Gasteiger partial charge in [-0.1, -0.05) is 27.7 Å². The first-order valence-electron chi connectivity index (χ1n) is 10.4. The van der Waals surface area contributed by atoms with Crippen LogP contribution in [0.4, 0.5) is 10.1 Å². The Labute approximate surface area is 218 Å². The fourth-order valence-electron chi connectivity index (χ4n) is 3.59. The largest absolute Gasteiger partial charge is 0.423 e. The van der Waals surface area contributed by atoms with Crippen LogP contribution in [0.3, 0.4) is 0 Å². The molecular formula is C20H20BrFN3O8S3+. The van der Waals surface area contributed by atoms with Crippen molar-refractivity contribution in [1.82, 2.24) is 4.72 Å². The second-order valence-corrected chi connectivity index (χ2v) is 13.2. The third kappa shape index (κ3) is 6.29. The average Bonchev–Trinajstić information content (AvgIpc) is 3.35. The number of thioether (sulfide) groups is 1. The monoisotopic (exact) mass is 624 g/mol. The molecule has 3 heterocycles. The summed E-state index contributed by atoms with van der Waals surface area (Å²) in [5.41, 5.74) is 0.852. The number of halogens is 2. The lowest BCUT2D eigenvalue weighted by Gasteiger charge is -2.20. The number of aromatic nitrogens is 1. The van der Waals surface area contributed by atoms with Crippen molar-refractivity contribution in [2.24, 2.45) is 0 Å². The van der Waals surface area contributed by atoms with E-state index in [1.807, 2.05) is 22.9 Å². The number of sulfonamides is 1. The Morgan fingerprint density at radius 2 is 2.00 bits per heavy atom. The number of nitrogens with zero attached hydrogens (tertiary/aromatic N) is 2. The molecule has 1 amide bonds. The molecule has 0 saturated heterocycles. The Hall–Kier alpha value is -2.40. The number of amides is 1. The van der Waals surface area contributed by atoms with Crippen molar-refractivity contribution in [1.29, 1.82) is 0 Å². The first kappa shape index (κ1) is 26.7. The number of carbonyl (C=O) groups excluding carboxylic acids is 1. The summed E-state index contributed by atoms with van der Waals surface area (Å²) in [5.74, 6) is -1.40. The second kappa shape index (κ2) is 10.2. The molecule has 11 nitrogen and oxygen atoms in total. The number of hydrogen-bond donors (Lipinski definition) is 2. The van der Waals surface area contributed by atoms with Gasteiger partial charge in [-0.25, -0.2) is 8.42 Å². The van der Waals surface area contributed by atoms with Gasteiger partial charge in [0, 0.05) is 29.3 Å². The Morgan fingerprint density at radius 1 is 1.25 bits per heavy atom. The van der Waals surface area contributed by atoms with Crippen molar-refractivity contribution in [3.05, 3.63) is 45.7 Å². The van der Waals surface area contributed by atoms with E-state index >= 15 is 0 Å². The highest BCUT2D eigenvalue weighted by Gasteiger charge is 2.32. The number of carbonyl (C=O) groups is 1. The molecule has 3 aromatic rings. The fraction of sp³-hybridized carbons (Fsp3) is 0.300. The third-order valence-corrected chi connectivity index (χ3v) is 8.71. The fourth-order valence-corrected chi connectivity index (χ4v) is 6.49. The lowest BCUT2D eigenvalue weighted by atomic mass is 10.3. The number of furan rings is 1. The number of nitrogens with one attached hydrogen (secondary N) is 1. The van der Waals surface area contributed by atoms with Crippen LogP contribution < -0.4 is 14.2 Å². The molecule has 16 heteroatoms. The van der Waals surface area contributed by atoms with Gasteiger partial charge in [0.25, 0.3) is 21.7 Å². The van der Waals surface area contributed by atoms with Gasteiger partial charge in [-0.05, 0) is 18.2 Å². The van der Waals surface area contributed by atoms with Crippen molar-refractivity contribution in [3.63, 3.8) is 0 Å². The molecule has 1 aliphatic heterocycles. The van der Waals surface area contributed by atoms with E-state index in [4.69, 9.17) is 13.4 Å². The van der Waals surface area contributed by atoms with Crippen LogP contribution in [0.2, 0.25) is 0 Å². The van der Waals surface area contributed by atoms with E-state index in [0.717, 1.165) is 28.0 Å². The van der Waals surface area contributed by atoms with Gasteiger partial charge >= 0.3 is 11.6 Å². The van der Waals surface area contributed by atoms with Crippen molar-refractivity contribution in [3.8, 4) is 0 Å². The van der Waals surface area contributed by atoms with E-state index in [-0.39, 0.29) is 42.5 Å². The number of rotatable bonds is 9. The van der Waals surface area contributed by atoms with Gasteiger partial charge in [0.2, 0.25) is 15.9 Å². The van der Waals surface area contributed by atoms with E-state index in [1.54, 1.807) is 11.0 Å². The average molecular weight is 625 g/mol. The molecule has 36 heavy (non-hydrogen) atoms. The predicted molar refractivity (Wildman–Crippen MR) is 133 cm³/mol. The highest BCUT2D eigenvalue weighted by atomic mass is 79.9. The summed E-state index contributed by atoms with van der Waals surface area (Å²) in [4.78, 5) is 13.8. The van der Waals surface area contributed by atoms with Gasteiger partial charge in [-0.3, -0.25) is 14.1 Å². The van der Waals surface area contributed by atoms with Gasteiger partial charge in [-0.15, -0.1) is 4.57 Å².